The SMILES string of the molecule is COc1ccc(C2C3SCCN3C3(C(=O)Nc4ccc(Cl)cc43)C2/C(O)=C/C(=O)C2C3CSCN3C3(C(=O)Nc4ccc(Cl)cc43)C2c2ccc(O)c(OC)c2)cc1O. The van der Waals surface area contributed by atoms with Crippen LogP contribution in [-0.2, 0) is 25.5 Å². The maximum atomic E-state index is 15.5. The minimum Gasteiger partial charge on any atom is -0.512 e. The van der Waals surface area contributed by atoms with E-state index in [0.717, 1.165) is 0 Å². The molecule has 0 bridgehead atoms. The van der Waals surface area contributed by atoms with Gasteiger partial charge in [0.2, 0.25) is 11.8 Å². The van der Waals surface area contributed by atoms with Gasteiger partial charge in [-0.2, -0.15) is 0 Å². The normalized spacial score (nSPS) is 30.7. The van der Waals surface area contributed by atoms with E-state index in [4.69, 9.17) is 32.7 Å². The monoisotopic (exact) mass is 872 g/mol. The van der Waals surface area contributed by atoms with Gasteiger partial charge in [0.25, 0.3) is 0 Å². The van der Waals surface area contributed by atoms with E-state index in [0.29, 0.717) is 67.6 Å². The van der Waals surface area contributed by atoms with Gasteiger partial charge >= 0.3 is 0 Å². The zero-order chi connectivity index (χ0) is 41.1. The average Bonchev–Trinajstić information content (AvgIpc) is 4.06. The molecule has 5 N–H and O–H groups in total. The number of amides is 2. The van der Waals surface area contributed by atoms with Gasteiger partial charge in [-0.25, -0.2) is 0 Å². The first kappa shape index (κ1) is 38.6. The van der Waals surface area contributed by atoms with Crippen LogP contribution in [0, 0.1) is 11.8 Å². The number of anilines is 2. The zero-order valence-electron chi connectivity index (χ0n) is 31.6. The van der Waals surface area contributed by atoms with Crippen molar-refractivity contribution in [3.8, 4) is 23.0 Å². The summed E-state index contributed by atoms with van der Waals surface area (Å²) in [6, 6.07) is 19.9. The smallest absolute Gasteiger partial charge is 0.250 e. The van der Waals surface area contributed by atoms with Crippen molar-refractivity contribution < 1.29 is 39.2 Å². The van der Waals surface area contributed by atoms with Crippen molar-refractivity contribution in [1.29, 1.82) is 0 Å². The summed E-state index contributed by atoms with van der Waals surface area (Å²) in [4.78, 5) is 49.1. The van der Waals surface area contributed by atoms with Crippen molar-refractivity contribution in [3.05, 3.63) is 117 Å². The minimum absolute atomic E-state index is 0.101. The molecule has 0 saturated carbocycles. The van der Waals surface area contributed by atoms with Gasteiger partial charge in [0.1, 0.15) is 16.8 Å². The van der Waals surface area contributed by atoms with E-state index in [9.17, 15) is 24.9 Å². The van der Waals surface area contributed by atoms with Crippen molar-refractivity contribution in [3.63, 3.8) is 0 Å². The van der Waals surface area contributed by atoms with Crippen LogP contribution in [0.3, 0.4) is 0 Å². The van der Waals surface area contributed by atoms with Crippen LogP contribution in [0.1, 0.15) is 34.1 Å². The Morgan fingerprint density at radius 1 is 0.831 bits per heavy atom. The predicted octanol–water partition coefficient (Wildman–Crippen LogP) is 7.00. The average molecular weight is 874 g/mol. The van der Waals surface area contributed by atoms with Gasteiger partial charge in [-0.3, -0.25) is 24.2 Å². The Labute approximate surface area is 357 Å². The van der Waals surface area contributed by atoms with Gasteiger partial charge in [0, 0.05) is 86.3 Å². The molecule has 12 nitrogen and oxygen atoms in total. The Balaban J connectivity index is 1.17. The van der Waals surface area contributed by atoms with Gasteiger partial charge in [0.15, 0.2) is 28.8 Å². The fourth-order valence-corrected chi connectivity index (χ4v) is 14.2. The maximum absolute atomic E-state index is 15.5. The number of halogens is 2. The summed E-state index contributed by atoms with van der Waals surface area (Å²) < 4.78 is 10.9. The summed E-state index contributed by atoms with van der Waals surface area (Å²) in [5.41, 5.74) is 0.708. The molecule has 0 radical (unpaired) electrons. The summed E-state index contributed by atoms with van der Waals surface area (Å²) >= 11 is 16.5. The van der Waals surface area contributed by atoms with Crippen LogP contribution < -0.4 is 20.1 Å². The molecule has 16 heteroatoms. The first-order valence-corrected chi connectivity index (χ1v) is 22.0. The molecule has 0 aliphatic carbocycles. The largest absolute Gasteiger partial charge is 0.512 e. The lowest BCUT2D eigenvalue weighted by molar-refractivity contribution is -0.128. The van der Waals surface area contributed by atoms with E-state index in [1.807, 2.05) is 6.07 Å². The highest BCUT2D eigenvalue weighted by atomic mass is 35.5. The molecule has 59 heavy (non-hydrogen) atoms. The molecule has 8 atom stereocenters. The van der Waals surface area contributed by atoms with Crippen molar-refractivity contribution >= 4 is 75.7 Å². The Hall–Kier alpha value is -4.57. The van der Waals surface area contributed by atoms with Crippen molar-refractivity contribution in [2.24, 2.45) is 11.8 Å². The van der Waals surface area contributed by atoms with Gasteiger partial charge < -0.3 is 35.4 Å². The van der Waals surface area contributed by atoms with E-state index in [1.165, 1.54) is 26.4 Å². The number of carbonyl (C=O) groups is 3. The zero-order valence-corrected chi connectivity index (χ0v) is 34.8. The third kappa shape index (κ3) is 5.29. The summed E-state index contributed by atoms with van der Waals surface area (Å²) in [6.45, 7) is 0.506. The lowest BCUT2D eigenvalue weighted by atomic mass is 9.69. The number of aliphatic hydroxyl groups excluding tert-OH is 1. The number of benzene rings is 4. The van der Waals surface area contributed by atoms with Crippen molar-refractivity contribution in [2.75, 3.05) is 48.8 Å². The summed E-state index contributed by atoms with van der Waals surface area (Å²) in [6.07, 6.45) is 1.26. The van der Waals surface area contributed by atoms with Crippen LogP contribution in [-0.4, -0.2) is 92.3 Å². The molecule has 8 unspecified atom stereocenters. The Morgan fingerprint density at radius 3 is 2.17 bits per heavy atom. The molecule has 4 aromatic carbocycles. The summed E-state index contributed by atoms with van der Waals surface area (Å²) in [5.74, 6) is -2.87. The number of allylic oxidation sites excluding steroid dienone is 1. The van der Waals surface area contributed by atoms with Gasteiger partial charge in [-0.05, 0) is 71.8 Å². The number of rotatable bonds is 7. The Kier molecular flexibility index (Phi) is 9.16. The quantitative estimate of drug-likeness (QED) is 0.0957. The highest BCUT2D eigenvalue weighted by Gasteiger charge is 2.71. The van der Waals surface area contributed by atoms with Crippen molar-refractivity contribution in [1.82, 2.24) is 9.80 Å². The number of thioether (sulfide) groups is 2. The second-order valence-electron chi connectivity index (χ2n) is 15.7. The number of ketones is 1. The van der Waals surface area contributed by atoms with Crippen LogP contribution in [0.5, 0.6) is 23.0 Å². The number of aliphatic hydroxyl groups is 1. The van der Waals surface area contributed by atoms with Crippen LogP contribution in [0.25, 0.3) is 0 Å². The summed E-state index contributed by atoms with van der Waals surface area (Å²) in [5, 5.41) is 41.2. The second-order valence-corrected chi connectivity index (χ2v) is 18.8. The molecule has 10 rings (SSSR count). The molecule has 2 amide bonds. The highest BCUT2D eigenvalue weighted by molar-refractivity contribution is 8.00. The molecule has 2 spiro atoms. The number of carbonyl (C=O) groups excluding carboxylic acids is 3. The maximum Gasteiger partial charge on any atom is 0.250 e. The fourth-order valence-electron chi connectivity index (χ4n) is 11.0. The van der Waals surface area contributed by atoms with E-state index in [-0.39, 0.29) is 45.9 Å². The molecule has 4 saturated heterocycles. The minimum atomic E-state index is -1.48. The van der Waals surface area contributed by atoms with Crippen LogP contribution in [0.2, 0.25) is 10.0 Å². The van der Waals surface area contributed by atoms with Gasteiger partial charge in [0.05, 0.1) is 25.5 Å². The number of aromatic hydroxyl groups is 2. The number of phenols is 2. The number of ether oxygens (including phenoxy) is 2. The predicted molar refractivity (Wildman–Crippen MR) is 227 cm³/mol. The van der Waals surface area contributed by atoms with E-state index in [1.54, 1.807) is 84.2 Å². The third-order valence-electron chi connectivity index (χ3n) is 13.2. The number of nitrogens with zero attached hydrogens (tertiary/aromatic N) is 2. The molecule has 6 aliphatic rings. The fraction of sp³-hybridized carbons (Fsp3) is 0.326. The molecule has 304 valence electrons. The lowest BCUT2D eigenvalue weighted by Gasteiger charge is -2.37. The highest BCUT2D eigenvalue weighted by Crippen LogP contribution is 2.65. The van der Waals surface area contributed by atoms with Crippen LogP contribution in [0.15, 0.2) is 84.6 Å². The number of hydrogen-bond donors (Lipinski definition) is 5. The van der Waals surface area contributed by atoms with Crippen LogP contribution >= 0.6 is 46.7 Å². The molecule has 6 heterocycles. The molecular formula is C43H38Cl2N4O8S2. The van der Waals surface area contributed by atoms with Crippen molar-refractivity contribution in [2.45, 2.75) is 34.3 Å². The first-order chi connectivity index (χ1) is 28.4. The number of hydrogen-bond acceptors (Lipinski definition) is 12. The lowest BCUT2D eigenvalue weighted by Crippen LogP contribution is -2.51. The van der Waals surface area contributed by atoms with Crippen LogP contribution in [0.4, 0.5) is 11.4 Å². The molecule has 4 aromatic rings. The van der Waals surface area contributed by atoms with E-state index >= 15 is 4.79 Å². The van der Waals surface area contributed by atoms with E-state index in [2.05, 4.69) is 20.4 Å². The summed E-state index contributed by atoms with van der Waals surface area (Å²) in [7, 11) is 2.89. The van der Waals surface area contributed by atoms with E-state index < -0.39 is 46.6 Å². The van der Waals surface area contributed by atoms with Gasteiger partial charge in [-0.1, -0.05) is 35.3 Å². The second kappa shape index (κ2) is 14.0. The molecule has 4 fully saturated rings. The third-order valence-corrected chi connectivity index (χ3v) is 16.0. The molecule has 0 aromatic heterocycles. The van der Waals surface area contributed by atoms with Gasteiger partial charge in [-0.15, -0.1) is 23.5 Å². The standard InChI is InChI=1S/C43H38Cl2N4O8S2/c1-56-33-10-4-20(13-30(33)51)35-38(43(48-11-12-59-39(35)48)25-16-23(45)6-8-27(25)47-41(43)55)32(53)17-31(52)36-28-18-58-19-49(28)42(24-15-22(44)5-7-26(24)46-40(42)54)37(36)21-3-9-29(50)34(14-21)57-2/h3-10,13-17,28,35-39,50-51,53H,11-12,18-19H2,1-2H3,(H,46,54)(H,47,55)/b32-17-. The Bertz CT molecular complexity index is 2530. The molecule has 6 aliphatic heterocycles. The topological polar surface area (TPSA) is 161 Å². The molecular weight excluding hydrogens is 836 g/mol. The Morgan fingerprint density at radius 2 is 1.49 bits per heavy atom. The number of nitrogens with one attached hydrogen (secondary N) is 2. The number of methoxy groups -OCH3 is 2. The first-order valence-electron chi connectivity index (χ1n) is 19.1. The number of fused-ring (bicyclic) bond motifs is 8. The number of phenolic OH excluding ortho intramolecular Hbond substituents is 2.